The number of nitrogens with one attached hydrogen (secondary N) is 1. The van der Waals surface area contributed by atoms with Crippen LogP contribution in [0.4, 0.5) is 0 Å². The van der Waals surface area contributed by atoms with E-state index in [9.17, 15) is 9.59 Å². The summed E-state index contributed by atoms with van der Waals surface area (Å²) in [7, 11) is 1.69. The van der Waals surface area contributed by atoms with Crippen LogP contribution in [0, 0.1) is 12.8 Å². The third-order valence-electron chi connectivity index (χ3n) is 3.42. The van der Waals surface area contributed by atoms with Crippen molar-refractivity contribution in [3.05, 3.63) is 39.9 Å². The number of amides is 2. The van der Waals surface area contributed by atoms with Crippen molar-refractivity contribution in [2.45, 2.75) is 33.4 Å². The Kier molecular flexibility index (Phi) is 5.54. The number of hydrogen-bond donors (Lipinski definition) is 1. The molecule has 6 nitrogen and oxygen atoms in total. The predicted molar refractivity (Wildman–Crippen MR) is 88.1 cm³/mol. The van der Waals surface area contributed by atoms with Crippen LogP contribution < -0.4 is 5.32 Å². The van der Waals surface area contributed by atoms with E-state index in [1.807, 2.05) is 25.3 Å². The molecule has 2 rings (SSSR count). The van der Waals surface area contributed by atoms with Gasteiger partial charge in [0.1, 0.15) is 17.5 Å². The molecular weight excluding hydrogens is 314 g/mol. The topological polar surface area (TPSA) is 75.4 Å². The van der Waals surface area contributed by atoms with Crippen molar-refractivity contribution in [2.75, 3.05) is 7.05 Å². The summed E-state index contributed by atoms with van der Waals surface area (Å²) in [5, 5.41) is 8.55. The van der Waals surface area contributed by atoms with Gasteiger partial charge in [0.2, 0.25) is 5.91 Å². The van der Waals surface area contributed by atoms with Crippen LogP contribution in [0.3, 0.4) is 0 Å². The van der Waals surface area contributed by atoms with Gasteiger partial charge in [0.25, 0.3) is 5.91 Å². The fraction of sp³-hybridized carbons (Fsp3) is 0.438. The molecule has 2 amide bonds. The van der Waals surface area contributed by atoms with Crippen molar-refractivity contribution in [2.24, 2.45) is 5.92 Å². The van der Waals surface area contributed by atoms with E-state index in [1.165, 1.54) is 11.3 Å². The van der Waals surface area contributed by atoms with Gasteiger partial charge in [-0.2, -0.15) is 0 Å². The van der Waals surface area contributed by atoms with Crippen molar-refractivity contribution in [3.8, 4) is 0 Å². The Balaban J connectivity index is 2.04. The summed E-state index contributed by atoms with van der Waals surface area (Å²) in [6, 6.07) is 4.76. The molecule has 0 saturated carbocycles. The quantitative estimate of drug-likeness (QED) is 0.880. The fourth-order valence-electron chi connectivity index (χ4n) is 2.18. The molecule has 0 unspecified atom stereocenters. The summed E-state index contributed by atoms with van der Waals surface area (Å²) in [6.07, 6.45) is 0. The average Bonchev–Trinajstić information content (AvgIpc) is 3.15. The average molecular weight is 335 g/mol. The van der Waals surface area contributed by atoms with Crippen LogP contribution in [0.15, 0.2) is 28.1 Å². The number of hydrogen-bond acceptors (Lipinski definition) is 5. The molecular formula is C16H21N3O3S. The Morgan fingerprint density at radius 3 is 2.70 bits per heavy atom. The second kappa shape index (κ2) is 7.41. The number of aromatic nitrogens is 1. The number of carbonyl (C=O) groups is 2. The van der Waals surface area contributed by atoms with E-state index in [-0.39, 0.29) is 17.7 Å². The molecule has 2 aromatic rings. The zero-order valence-corrected chi connectivity index (χ0v) is 14.5. The molecule has 0 aliphatic carbocycles. The Bertz CT molecular complexity index is 664. The van der Waals surface area contributed by atoms with Gasteiger partial charge in [-0.15, -0.1) is 11.3 Å². The Labute approximate surface area is 139 Å². The van der Waals surface area contributed by atoms with E-state index >= 15 is 0 Å². The van der Waals surface area contributed by atoms with Crippen LogP contribution in [-0.4, -0.2) is 35.0 Å². The highest BCUT2D eigenvalue weighted by molar-refractivity contribution is 7.12. The molecule has 23 heavy (non-hydrogen) atoms. The summed E-state index contributed by atoms with van der Waals surface area (Å²) < 4.78 is 5.01. The molecule has 0 spiro atoms. The molecule has 7 heteroatoms. The monoisotopic (exact) mass is 335 g/mol. The van der Waals surface area contributed by atoms with Gasteiger partial charge in [-0.1, -0.05) is 25.1 Å². The van der Waals surface area contributed by atoms with Gasteiger partial charge >= 0.3 is 0 Å². The third kappa shape index (κ3) is 4.41. The number of rotatable bonds is 6. The first-order valence-corrected chi connectivity index (χ1v) is 8.28. The standard InChI is InChI=1S/C16H21N3O3S/c1-10(2)14(17-15(20)13-6-5-7-23-13)16(21)19(4)9-12-8-11(3)22-18-12/h5-8,10,14H,9H2,1-4H3,(H,17,20)/t14-/m1/s1. The Morgan fingerprint density at radius 1 is 1.43 bits per heavy atom. The summed E-state index contributed by atoms with van der Waals surface area (Å²) in [4.78, 5) is 27.0. The van der Waals surface area contributed by atoms with Crippen molar-refractivity contribution in [3.63, 3.8) is 0 Å². The second-order valence-electron chi connectivity index (χ2n) is 5.80. The predicted octanol–water partition coefficient (Wildman–Crippen LogP) is 2.46. The Morgan fingerprint density at radius 2 is 2.17 bits per heavy atom. The van der Waals surface area contributed by atoms with Gasteiger partial charge in [0.05, 0.1) is 11.4 Å². The number of likely N-dealkylation sites (N-methyl/N-ethyl adjacent to an activating group) is 1. The van der Waals surface area contributed by atoms with Gasteiger partial charge in [0, 0.05) is 13.1 Å². The van der Waals surface area contributed by atoms with Crippen LogP contribution in [0.2, 0.25) is 0 Å². The molecule has 2 aromatic heterocycles. The van der Waals surface area contributed by atoms with Crippen molar-refractivity contribution in [1.82, 2.24) is 15.4 Å². The molecule has 0 saturated heterocycles. The van der Waals surface area contributed by atoms with E-state index in [0.29, 0.717) is 22.9 Å². The smallest absolute Gasteiger partial charge is 0.262 e. The summed E-state index contributed by atoms with van der Waals surface area (Å²) in [6.45, 7) is 5.96. The lowest BCUT2D eigenvalue weighted by molar-refractivity contribution is -0.133. The molecule has 1 N–H and O–H groups in total. The van der Waals surface area contributed by atoms with Gasteiger partial charge in [0.15, 0.2) is 0 Å². The van der Waals surface area contributed by atoms with Crippen LogP contribution in [-0.2, 0) is 11.3 Å². The van der Waals surface area contributed by atoms with Crippen LogP contribution in [0.25, 0.3) is 0 Å². The maximum Gasteiger partial charge on any atom is 0.262 e. The molecule has 124 valence electrons. The molecule has 0 bridgehead atoms. The molecule has 1 atom stereocenters. The van der Waals surface area contributed by atoms with Crippen molar-refractivity contribution in [1.29, 1.82) is 0 Å². The van der Waals surface area contributed by atoms with E-state index < -0.39 is 6.04 Å². The molecule has 0 aliphatic rings. The fourth-order valence-corrected chi connectivity index (χ4v) is 2.81. The minimum Gasteiger partial charge on any atom is -0.361 e. The highest BCUT2D eigenvalue weighted by Gasteiger charge is 2.28. The van der Waals surface area contributed by atoms with Gasteiger partial charge in [-0.25, -0.2) is 0 Å². The van der Waals surface area contributed by atoms with E-state index in [1.54, 1.807) is 31.0 Å². The zero-order valence-electron chi connectivity index (χ0n) is 13.7. The SMILES string of the molecule is Cc1cc(CN(C)C(=O)[C@H](NC(=O)c2cccs2)C(C)C)no1. The molecule has 0 aromatic carbocycles. The van der Waals surface area contributed by atoms with Gasteiger partial charge in [-0.05, 0) is 24.3 Å². The summed E-state index contributed by atoms with van der Waals surface area (Å²) in [5.41, 5.74) is 0.686. The summed E-state index contributed by atoms with van der Waals surface area (Å²) >= 11 is 1.35. The largest absolute Gasteiger partial charge is 0.361 e. The summed E-state index contributed by atoms with van der Waals surface area (Å²) in [5.74, 6) is 0.309. The molecule has 0 fully saturated rings. The minimum atomic E-state index is -0.581. The van der Waals surface area contributed by atoms with E-state index in [2.05, 4.69) is 10.5 Å². The van der Waals surface area contributed by atoms with Crippen molar-refractivity contribution < 1.29 is 14.1 Å². The maximum absolute atomic E-state index is 12.7. The number of aryl methyl sites for hydroxylation is 1. The zero-order chi connectivity index (χ0) is 17.0. The first kappa shape index (κ1) is 17.2. The number of nitrogens with zero attached hydrogens (tertiary/aromatic N) is 2. The van der Waals surface area contributed by atoms with Crippen LogP contribution in [0.1, 0.15) is 35.0 Å². The highest BCUT2D eigenvalue weighted by atomic mass is 32.1. The lowest BCUT2D eigenvalue weighted by atomic mass is 10.0. The number of carbonyl (C=O) groups excluding carboxylic acids is 2. The first-order chi connectivity index (χ1) is 10.9. The lowest BCUT2D eigenvalue weighted by Crippen LogP contribution is -2.49. The first-order valence-electron chi connectivity index (χ1n) is 7.40. The van der Waals surface area contributed by atoms with Crippen LogP contribution in [0.5, 0.6) is 0 Å². The molecule has 2 heterocycles. The molecule has 0 radical (unpaired) electrons. The van der Waals surface area contributed by atoms with Crippen molar-refractivity contribution >= 4 is 23.2 Å². The van der Waals surface area contributed by atoms with Crippen LogP contribution >= 0.6 is 11.3 Å². The van der Waals surface area contributed by atoms with E-state index in [0.717, 1.165) is 0 Å². The Hall–Kier alpha value is -2.15. The second-order valence-corrected chi connectivity index (χ2v) is 6.74. The normalized spacial score (nSPS) is 12.2. The number of thiophene rings is 1. The van der Waals surface area contributed by atoms with E-state index in [4.69, 9.17) is 4.52 Å². The maximum atomic E-state index is 12.7. The minimum absolute atomic E-state index is 0.0205. The molecule has 0 aliphatic heterocycles. The lowest BCUT2D eigenvalue weighted by Gasteiger charge is -2.26. The highest BCUT2D eigenvalue weighted by Crippen LogP contribution is 2.13. The third-order valence-corrected chi connectivity index (χ3v) is 4.29. The van der Waals surface area contributed by atoms with Gasteiger partial charge in [-0.3, -0.25) is 9.59 Å². The van der Waals surface area contributed by atoms with Gasteiger partial charge < -0.3 is 14.7 Å².